The molecule has 19 heavy (non-hydrogen) atoms. The van der Waals surface area contributed by atoms with Crippen LogP contribution in [0.4, 0.5) is 5.95 Å². The highest BCUT2D eigenvalue weighted by Gasteiger charge is 2.02. The lowest BCUT2D eigenvalue weighted by molar-refractivity contribution is 0.192. The van der Waals surface area contributed by atoms with Crippen LogP contribution in [-0.4, -0.2) is 47.4 Å². The lowest BCUT2D eigenvalue weighted by atomic mass is 10.4. The van der Waals surface area contributed by atoms with Crippen molar-refractivity contribution in [3.63, 3.8) is 0 Å². The lowest BCUT2D eigenvalue weighted by Gasteiger charge is -2.10. The van der Waals surface area contributed by atoms with Gasteiger partial charge in [0, 0.05) is 31.4 Å². The molecule has 1 heterocycles. The fourth-order valence-corrected chi connectivity index (χ4v) is 1.47. The molecule has 0 fully saturated rings. The van der Waals surface area contributed by atoms with E-state index in [1.165, 1.54) is 0 Å². The van der Waals surface area contributed by atoms with Gasteiger partial charge in [0.2, 0.25) is 11.8 Å². The molecular weight excluding hydrogens is 244 g/mol. The summed E-state index contributed by atoms with van der Waals surface area (Å²) >= 11 is 0. The molecule has 6 heteroatoms. The van der Waals surface area contributed by atoms with E-state index in [2.05, 4.69) is 27.5 Å². The van der Waals surface area contributed by atoms with Crippen LogP contribution in [0.2, 0.25) is 0 Å². The predicted octanol–water partition coefficient (Wildman–Crippen LogP) is 0.956. The van der Waals surface area contributed by atoms with E-state index in [0.29, 0.717) is 31.5 Å². The minimum atomic E-state index is -0.329. The minimum absolute atomic E-state index is 0.329. The summed E-state index contributed by atoms with van der Waals surface area (Å²) in [6.45, 7) is 8.41. The van der Waals surface area contributed by atoms with E-state index >= 15 is 0 Å². The van der Waals surface area contributed by atoms with Crippen molar-refractivity contribution in [3.05, 3.63) is 11.8 Å². The number of aliphatic hydroxyl groups excluding tert-OH is 1. The number of rotatable bonds is 9. The molecule has 0 spiro atoms. The summed E-state index contributed by atoms with van der Waals surface area (Å²) in [6.07, 6.45) is 0.624. The van der Waals surface area contributed by atoms with Gasteiger partial charge in [0.25, 0.3) is 0 Å². The number of nitrogens with zero attached hydrogens (tertiary/aromatic N) is 2. The van der Waals surface area contributed by atoms with Crippen LogP contribution in [-0.2, 0) is 0 Å². The second-order valence-electron chi connectivity index (χ2n) is 4.50. The number of aromatic nitrogens is 2. The van der Waals surface area contributed by atoms with Crippen LogP contribution in [0.1, 0.15) is 26.0 Å². The van der Waals surface area contributed by atoms with Crippen LogP contribution in [0, 0.1) is 6.92 Å². The molecular formula is C13H24N4O2. The van der Waals surface area contributed by atoms with Crippen molar-refractivity contribution < 1.29 is 9.84 Å². The van der Waals surface area contributed by atoms with Crippen molar-refractivity contribution in [1.29, 1.82) is 0 Å². The normalized spacial score (nSPS) is 12.2. The summed E-state index contributed by atoms with van der Waals surface area (Å²) in [5, 5.41) is 15.3. The maximum absolute atomic E-state index is 9.10. The third-order valence-electron chi connectivity index (χ3n) is 2.31. The van der Waals surface area contributed by atoms with E-state index in [0.717, 1.165) is 18.7 Å². The highest BCUT2D eigenvalue weighted by Crippen LogP contribution is 2.11. The maximum atomic E-state index is 9.10. The molecule has 0 aliphatic rings. The summed E-state index contributed by atoms with van der Waals surface area (Å²) in [7, 11) is 0. The molecule has 0 aliphatic heterocycles. The van der Waals surface area contributed by atoms with Crippen molar-refractivity contribution in [2.75, 3.05) is 31.6 Å². The summed E-state index contributed by atoms with van der Waals surface area (Å²) in [6, 6.07) is 1.83. The first kappa shape index (κ1) is 15.7. The average Bonchev–Trinajstić information content (AvgIpc) is 2.35. The number of hydrogen-bond donors (Lipinski definition) is 3. The molecule has 0 aromatic carbocycles. The molecule has 108 valence electrons. The van der Waals surface area contributed by atoms with Gasteiger partial charge in [-0.05, 0) is 20.3 Å². The number of anilines is 1. The summed E-state index contributed by atoms with van der Waals surface area (Å²) < 4.78 is 5.50. The Bertz CT molecular complexity index is 372. The van der Waals surface area contributed by atoms with E-state index in [4.69, 9.17) is 9.84 Å². The quantitative estimate of drug-likeness (QED) is 0.579. The second kappa shape index (κ2) is 8.66. The average molecular weight is 268 g/mol. The van der Waals surface area contributed by atoms with Gasteiger partial charge in [-0.25, -0.2) is 4.98 Å². The maximum Gasteiger partial charge on any atom is 0.226 e. The number of hydrogen-bond acceptors (Lipinski definition) is 6. The molecule has 1 aromatic heterocycles. The molecule has 0 aliphatic carbocycles. The van der Waals surface area contributed by atoms with Gasteiger partial charge in [0.15, 0.2) is 0 Å². The number of aliphatic hydroxyl groups is 1. The number of nitrogens with one attached hydrogen (secondary N) is 2. The first-order valence-electron chi connectivity index (χ1n) is 6.73. The van der Waals surface area contributed by atoms with Crippen LogP contribution in [0.3, 0.4) is 0 Å². The van der Waals surface area contributed by atoms with Crippen LogP contribution in [0.15, 0.2) is 6.07 Å². The van der Waals surface area contributed by atoms with E-state index in [-0.39, 0.29) is 6.10 Å². The van der Waals surface area contributed by atoms with Gasteiger partial charge in [-0.3, -0.25) is 0 Å². The van der Waals surface area contributed by atoms with Crippen molar-refractivity contribution >= 4 is 5.95 Å². The summed E-state index contributed by atoms with van der Waals surface area (Å²) in [4.78, 5) is 8.58. The van der Waals surface area contributed by atoms with Crippen LogP contribution in [0.25, 0.3) is 0 Å². The molecule has 1 unspecified atom stereocenters. The van der Waals surface area contributed by atoms with Crippen molar-refractivity contribution in [2.24, 2.45) is 0 Å². The standard InChI is InChI=1S/C13H24N4O2/c1-4-7-19-12-8-10(2)16-13(17-12)15-6-5-14-9-11(3)18/h8,11,14,18H,4-7,9H2,1-3H3,(H,15,16,17). The fraction of sp³-hybridized carbons (Fsp3) is 0.692. The fourth-order valence-electron chi connectivity index (χ4n) is 1.47. The third kappa shape index (κ3) is 6.93. The minimum Gasteiger partial charge on any atom is -0.478 e. The van der Waals surface area contributed by atoms with Gasteiger partial charge < -0.3 is 20.5 Å². The van der Waals surface area contributed by atoms with Crippen molar-refractivity contribution in [1.82, 2.24) is 15.3 Å². The SMILES string of the molecule is CCCOc1cc(C)nc(NCCNCC(C)O)n1. The lowest BCUT2D eigenvalue weighted by Crippen LogP contribution is -2.29. The van der Waals surface area contributed by atoms with Gasteiger partial charge in [-0.1, -0.05) is 6.92 Å². The summed E-state index contributed by atoms with van der Waals surface area (Å²) in [5.74, 6) is 1.18. The van der Waals surface area contributed by atoms with Crippen LogP contribution in [0.5, 0.6) is 5.88 Å². The molecule has 1 rings (SSSR count). The van der Waals surface area contributed by atoms with Gasteiger partial charge in [-0.2, -0.15) is 4.98 Å². The van der Waals surface area contributed by atoms with E-state index in [1.54, 1.807) is 6.92 Å². The molecule has 1 aromatic rings. The Morgan fingerprint density at radius 3 is 2.84 bits per heavy atom. The Labute approximate surface area is 114 Å². The van der Waals surface area contributed by atoms with Crippen molar-refractivity contribution in [3.8, 4) is 5.88 Å². The zero-order valence-corrected chi connectivity index (χ0v) is 11.9. The Morgan fingerprint density at radius 1 is 1.37 bits per heavy atom. The Morgan fingerprint density at radius 2 is 2.16 bits per heavy atom. The molecule has 6 nitrogen and oxygen atoms in total. The molecule has 3 N–H and O–H groups in total. The van der Waals surface area contributed by atoms with Crippen LogP contribution >= 0.6 is 0 Å². The van der Waals surface area contributed by atoms with Gasteiger partial charge in [-0.15, -0.1) is 0 Å². The second-order valence-corrected chi connectivity index (χ2v) is 4.50. The Hall–Kier alpha value is -1.40. The predicted molar refractivity (Wildman–Crippen MR) is 75.6 cm³/mol. The molecule has 0 amide bonds. The topological polar surface area (TPSA) is 79.3 Å². The summed E-state index contributed by atoms with van der Waals surface area (Å²) in [5.41, 5.74) is 0.876. The van der Waals surface area contributed by atoms with E-state index in [9.17, 15) is 0 Å². The molecule has 0 radical (unpaired) electrons. The monoisotopic (exact) mass is 268 g/mol. The largest absolute Gasteiger partial charge is 0.478 e. The Balaban J connectivity index is 2.38. The molecule has 0 bridgehead atoms. The first-order chi connectivity index (χ1) is 9.11. The molecule has 0 saturated carbocycles. The number of ether oxygens (including phenoxy) is 1. The zero-order valence-electron chi connectivity index (χ0n) is 11.9. The molecule has 0 saturated heterocycles. The van der Waals surface area contributed by atoms with Gasteiger partial charge in [0.05, 0.1) is 12.7 Å². The van der Waals surface area contributed by atoms with Gasteiger partial charge in [0.1, 0.15) is 0 Å². The Kier molecular flexibility index (Phi) is 7.14. The third-order valence-corrected chi connectivity index (χ3v) is 2.31. The smallest absolute Gasteiger partial charge is 0.226 e. The highest BCUT2D eigenvalue weighted by molar-refractivity contribution is 5.30. The first-order valence-corrected chi connectivity index (χ1v) is 6.73. The van der Waals surface area contributed by atoms with Crippen molar-refractivity contribution in [2.45, 2.75) is 33.3 Å². The highest BCUT2D eigenvalue weighted by atomic mass is 16.5. The molecule has 1 atom stereocenters. The zero-order chi connectivity index (χ0) is 14.1. The van der Waals surface area contributed by atoms with E-state index < -0.39 is 0 Å². The van der Waals surface area contributed by atoms with E-state index in [1.807, 2.05) is 13.0 Å². The van der Waals surface area contributed by atoms with Gasteiger partial charge >= 0.3 is 0 Å². The number of aryl methyl sites for hydroxylation is 1. The van der Waals surface area contributed by atoms with Crippen LogP contribution < -0.4 is 15.4 Å².